The monoisotopic (exact) mass is 529 g/mol. The van der Waals surface area contributed by atoms with Crippen LogP contribution in [0.1, 0.15) is 15.9 Å². The van der Waals surface area contributed by atoms with Gasteiger partial charge in [-0.05, 0) is 42.5 Å². The highest BCUT2D eigenvalue weighted by Gasteiger charge is 2.38. The Labute approximate surface area is 211 Å². The van der Waals surface area contributed by atoms with Crippen molar-refractivity contribution in [2.24, 2.45) is 0 Å². The topological polar surface area (TPSA) is 174 Å². The van der Waals surface area contributed by atoms with E-state index < -0.39 is 24.3 Å². The smallest absolute Gasteiger partial charge is 0.475 e. The lowest BCUT2D eigenvalue weighted by Crippen LogP contribution is -2.21. The first-order valence-corrected chi connectivity index (χ1v) is 10.5. The number of halogens is 3. The first-order chi connectivity index (χ1) is 17.9. The number of alkyl halides is 3. The van der Waals surface area contributed by atoms with E-state index in [-0.39, 0.29) is 11.7 Å². The molecule has 0 atom stereocenters. The summed E-state index contributed by atoms with van der Waals surface area (Å²) < 4.78 is 31.7. The van der Waals surface area contributed by atoms with Gasteiger partial charge in [-0.15, -0.1) is 0 Å². The third kappa shape index (κ3) is 7.30. The van der Waals surface area contributed by atoms with E-state index in [2.05, 4.69) is 25.9 Å². The van der Waals surface area contributed by atoms with Gasteiger partial charge in [0.15, 0.2) is 5.78 Å². The molecule has 11 nitrogen and oxygen atoms in total. The van der Waals surface area contributed by atoms with Crippen molar-refractivity contribution < 1.29 is 42.6 Å². The number of carbonyl (C=O) groups is 4. The second kappa shape index (κ2) is 11.6. The molecule has 0 fully saturated rings. The molecule has 196 valence electrons. The van der Waals surface area contributed by atoms with Crippen LogP contribution >= 0.6 is 0 Å². The van der Waals surface area contributed by atoms with Gasteiger partial charge in [-0.25, -0.2) is 19.4 Å². The van der Waals surface area contributed by atoms with Gasteiger partial charge in [0.25, 0.3) is 0 Å². The fourth-order valence-corrected chi connectivity index (χ4v) is 3.06. The minimum absolute atomic E-state index is 0.0618. The molecule has 0 saturated carbocycles. The number of amides is 3. The molecule has 0 spiro atoms. The van der Waals surface area contributed by atoms with Crippen LogP contribution in [0.5, 0.6) is 0 Å². The minimum atomic E-state index is -5.08. The Morgan fingerprint density at radius 3 is 2.08 bits per heavy atom. The first kappa shape index (κ1) is 27.2. The molecule has 0 aliphatic heterocycles. The van der Waals surface area contributed by atoms with Gasteiger partial charge >= 0.3 is 24.3 Å². The van der Waals surface area contributed by atoms with Gasteiger partial charge in [-0.3, -0.25) is 10.1 Å². The first-order valence-electron chi connectivity index (χ1n) is 10.5. The highest BCUT2D eigenvalue weighted by molar-refractivity contribution is 6.15. The van der Waals surface area contributed by atoms with E-state index >= 15 is 0 Å². The standard InChI is InChI=1S/C22H17N5O4.C2HF3O2/c28-19(13-10-11-17-18(12-13)25-20(24-17)27-22(30)31)15-8-4-5-9-16(15)26-21(29)23-14-6-2-1-3-7-14;3-2(4,5)1(6)7/h1-12H,(H,30,31)(H2,23,26,29)(H2,24,25,27);(H,6,7). The number of nitrogens with zero attached hydrogens (tertiary/aromatic N) is 1. The van der Waals surface area contributed by atoms with Crippen molar-refractivity contribution in [1.29, 1.82) is 0 Å². The van der Waals surface area contributed by atoms with Crippen molar-refractivity contribution in [3.8, 4) is 0 Å². The van der Waals surface area contributed by atoms with E-state index in [1.165, 1.54) is 0 Å². The zero-order valence-corrected chi connectivity index (χ0v) is 19.0. The van der Waals surface area contributed by atoms with Crippen LogP contribution in [0, 0.1) is 0 Å². The summed E-state index contributed by atoms with van der Waals surface area (Å²) in [5.41, 5.74) is 2.65. The Morgan fingerprint density at radius 1 is 0.816 bits per heavy atom. The fourth-order valence-electron chi connectivity index (χ4n) is 3.06. The summed E-state index contributed by atoms with van der Waals surface area (Å²) >= 11 is 0. The van der Waals surface area contributed by atoms with Gasteiger partial charge in [0.1, 0.15) is 0 Å². The Kier molecular flexibility index (Phi) is 8.27. The molecular weight excluding hydrogens is 511 g/mol. The number of aromatic amines is 1. The lowest BCUT2D eigenvalue weighted by Gasteiger charge is -2.11. The number of fused-ring (bicyclic) bond motifs is 1. The molecular formula is C24H18F3N5O6. The van der Waals surface area contributed by atoms with E-state index in [4.69, 9.17) is 15.0 Å². The number of nitrogens with one attached hydrogen (secondary N) is 4. The number of aliphatic carboxylic acids is 1. The van der Waals surface area contributed by atoms with E-state index in [0.717, 1.165) is 0 Å². The van der Waals surface area contributed by atoms with Crippen LogP contribution in [0.2, 0.25) is 0 Å². The molecule has 0 saturated heterocycles. The molecule has 0 aliphatic carbocycles. The molecule has 0 radical (unpaired) electrons. The Morgan fingerprint density at radius 2 is 1.45 bits per heavy atom. The molecule has 1 heterocycles. The number of carbonyl (C=O) groups excluding carboxylic acids is 2. The number of ketones is 1. The van der Waals surface area contributed by atoms with Crippen molar-refractivity contribution >= 4 is 52.2 Å². The van der Waals surface area contributed by atoms with Crippen LogP contribution in [-0.2, 0) is 4.79 Å². The SMILES string of the molecule is O=C(O)C(F)(F)F.O=C(O)Nc1nc2cc(C(=O)c3ccccc3NC(=O)Nc3ccccc3)ccc2[nH]1. The molecule has 3 amide bonds. The predicted molar refractivity (Wildman–Crippen MR) is 130 cm³/mol. The summed E-state index contributed by atoms with van der Waals surface area (Å²) in [6.45, 7) is 0. The molecule has 0 unspecified atom stereocenters. The maximum Gasteiger partial charge on any atom is 0.490 e. The summed E-state index contributed by atoms with van der Waals surface area (Å²) in [4.78, 5) is 52.1. The van der Waals surface area contributed by atoms with E-state index in [0.29, 0.717) is 33.5 Å². The number of H-pyrrole nitrogens is 1. The third-order valence-corrected chi connectivity index (χ3v) is 4.66. The molecule has 4 rings (SSSR count). The van der Waals surface area contributed by atoms with Crippen LogP contribution in [0.4, 0.5) is 40.1 Å². The second-order valence-electron chi connectivity index (χ2n) is 7.37. The van der Waals surface area contributed by atoms with Crippen LogP contribution in [-0.4, -0.2) is 50.2 Å². The molecule has 0 aliphatic rings. The van der Waals surface area contributed by atoms with Gasteiger partial charge in [0.2, 0.25) is 5.95 Å². The number of urea groups is 1. The fraction of sp³-hybridized carbons (Fsp3) is 0.0417. The summed E-state index contributed by atoms with van der Waals surface area (Å²) in [6.07, 6.45) is -6.33. The molecule has 14 heteroatoms. The van der Waals surface area contributed by atoms with E-state index in [1.54, 1.807) is 66.7 Å². The predicted octanol–water partition coefficient (Wildman–Crippen LogP) is 5.16. The molecule has 38 heavy (non-hydrogen) atoms. The number of anilines is 3. The van der Waals surface area contributed by atoms with Crippen molar-refractivity contribution in [2.75, 3.05) is 16.0 Å². The largest absolute Gasteiger partial charge is 0.490 e. The average Bonchev–Trinajstić information content (AvgIpc) is 3.25. The van der Waals surface area contributed by atoms with Crippen LogP contribution in [0.3, 0.4) is 0 Å². The number of carboxylic acids is 1. The number of hydrogen-bond acceptors (Lipinski definition) is 5. The van der Waals surface area contributed by atoms with Gasteiger partial charge in [0.05, 0.1) is 16.7 Å². The van der Waals surface area contributed by atoms with Crippen molar-refractivity contribution in [3.05, 3.63) is 83.9 Å². The normalized spacial score (nSPS) is 10.6. The summed E-state index contributed by atoms with van der Waals surface area (Å²) in [6, 6.07) is 20.0. The van der Waals surface area contributed by atoms with Crippen molar-refractivity contribution in [1.82, 2.24) is 9.97 Å². The van der Waals surface area contributed by atoms with Crippen molar-refractivity contribution in [3.63, 3.8) is 0 Å². The van der Waals surface area contributed by atoms with E-state index in [9.17, 15) is 27.6 Å². The van der Waals surface area contributed by atoms with Crippen LogP contribution in [0.25, 0.3) is 11.0 Å². The zero-order valence-electron chi connectivity index (χ0n) is 19.0. The minimum Gasteiger partial charge on any atom is -0.475 e. The van der Waals surface area contributed by atoms with Crippen LogP contribution in [0.15, 0.2) is 72.8 Å². The number of imidazole rings is 1. The van der Waals surface area contributed by atoms with Gasteiger partial charge < -0.3 is 25.8 Å². The van der Waals surface area contributed by atoms with Crippen LogP contribution < -0.4 is 16.0 Å². The molecule has 4 aromatic rings. The molecule has 6 N–H and O–H groups in total. The van der Waals surface area contributed by atoms with E-state index in [1.807, 2.05) is 6.07 Å². The van der Waals surface area contributed by atoms with Gasteiger partial charge in [-0.1, -0.05) is 30.3 Å². The summed E-state index contributed by atoms with van der Waals surface area (Å²) in [5.74, 6) is -3.01. The number of para-hydroxylation sites is 2. The second-order valence-corrected chi connectivity index (χ2v) is 7.37. The lowest BCUT2D eigenvalue weighted by atomic mass is 10.0. The maximum absolute atomic E-state index is 13.1. The average molecular weight is 529 g/mol. The lowest BCUT2D eigenvalue weighted by molar-refractivity contribution is -0.192. The summed E-state index contributed by atoms with van der Waals surface area (Å²) in [5, 5.41) is 23.5. The number of hydrogen-bond donors (Lipinski definition) is 6. The molecule has 0 bridgehead atoms. The molecule has 1 aromatic heterocycles. The molecule has 3 aromatic carbocycles. The highest BCUT2D eigenvalue weighted by Crippen LogP contribution is 2.23. The summed E-state index contributed by atoms with van der Waals surface area (Å²) in [7, 11) is 0. The quantitative estimate of drug-likeness (QED) is 0.194. The van der Waals surface area contributed by atoms with Gasteiger partial charge in [0, 0.05) is 16.8 Å². The Hall–Kier alpha value is -5.40. The number of carboxylic acid groups (broad SMARTS) is 2. The number of aromatic nitrogens is 2. The zero-order chi connectivity index (χ0) is 27.9. The highest BCUT2D eigenvalue weighted by atomic mass is 19.4. The Bertz CT molecular complexity index is 1490. The van der Waals surface area contributed by atoms with Gasteiger partial charge in [-0.2, -0.15) is 13.2 Å². The number of benzene rings is 3. The third-order valence-electron chi connectivity index (χ3n) is 4.66. The van der Waals surface area contributed by atoms with Crippen molar-refractivity contribution in [2.45, 2.75) is 6.18 Å². The maximum atomic E-state index is 13.1. The number of rotatable bonds is 5. The Balaban J connectivity index is 0.000000505.